The van der Waals surface area contributed by atoms with Crippen LogP contribution < -0.4 is 9.46 Å². The first kappa shape index (κ1) is 26.7. The van der Waals surface area contributed by atoms with Gasteiger partial charge in [0.15, 0.2) is 0 Å². The first-order valence-corrected chi connectivity index (χ1v) is 13.8. The molecule has 2 aliphatic heterocycles. The van der Waals surface area contributed by atoms with Crippen molar-refractivity contribution in [1.82, 2.24) is 9.80 Å². The Morgan fingerprint density at radius 1 is 1.18 bits per heavy atom. The van der Waals surface area contributed by atoms with Crippen LogP contribution >= 0.6 is 0 Å². The van der Waals surface area contributed by atoms with Crippen molar-refractivity contribution >= 4 is 21.6 Å². The molecule has 0 unspecified atom stereocenters. The number of anilines is 1. The minimum absolute atomic E-state index is 0.0921. The minimum Gasteiger partial charge on any atom is -0.491 e. The molecule has 1 aromatic carbocycles. The fourth-order valence-electron chi connectivity index (χ4n) is 4.64. The van der Waals surface area contributed by atoms with Gasteiger partial charge in [-0.05, 0) is 43.7 Å². The Morgan fingerprint density at radius 2 is 1.88 bits per heavy atom. The van der Waals surface area contributed by atoms with Crippen LogP contribution in [0.15, 0.2) is 18.2 Å². The molecule has 0 bridgehead atoms. The van der Waals surface area contributed by atoms with Gasteiger partial charge in [0.2, 0.25) is 10.0 Å². The van der Waals surface area contributed by atoms with Crippen LogP contribution in [0.25, 0.3) is 0 Å². The lowest BCUT2D eigenvalue weighted by Crippen LogP contribution is -2.48. The van der Waals surface area contributed by atoms with Crippen molar-refractivity contribution < 1.29 is 27.4 Å². The van der Waals surface area contributed by atoms with Crippen molar-refractivity contribution in [2.45, 2.75) is 38.8 Å². The number of carbonyl (C=O) groups excluding carboxylic acids is 1. The number of nitrogens with zero attached hydrogens (tertiary/aromatic N) is 2. The lowest BCUT2D eigenvalue weighted by Gasteiger charge is -2.38. The Kier molecular flexibility index (Phi) is 9.20. The number of ether oxygens (including phenoxy) is 3. The van der Waals surface area contributed by atoms with Gasteiger partial charge in [-0.25, -0.2) is 8.42 Å². The van der Waals surface area contributed by atoms with Crippen LogP contribution in [0.2, 0.25) is 0 Å². The number of hydrogen-bond acceptors (Lipinski definition) is 7. The molecular weight excluding hydrogens is 458 g/mol. The smallest absolute Gasteiger partial charge is 0.257 e. The number of benzene rings is 1. The summed E-state index contributed by atoms with van der Waals surface area (Å²) in [6, 6.07) is 4.87. The summed E-state index contributed by atoms with van der Waals surface area (Å²) in [5.41, 5.74) is 0.756. The number of likely N-dealkylation sites (N-methyl/N-ethyl adjacent to an activating group) is 1. The summed E-state index contributed by atoms with van der Waals surface area (Å²) < 4.78 is 43.4. The van der Waals surface area contributed by atoms with E-state index in [1.807, 2.05) is 0 Å². The second-order valence-electron chi connectivity index (χ2n) is 9.69. The van der Waals surface area contributed by atoms with Crippen molar-refractivity contribution in [1.29, 1.82) is 0 Å². The van der Waals surface area contributed by atoms with Crippen molar-refractivity contribution in [2.75, 3.05) is 64.6 Å². The Balaban J connectivity index is 1.91. The van der Waals surface area contributed by atoms with E-state index in [-0.39, 0.29) is 24.0 Å². The maximum atomic E-state index is 13.3. The number of rotatable bonds is 5. The number of methoxy groups -OCH3 is 1. The fourth-order valence-corrected chi connectivity index (χ4v) is 5.19. The van der Waals surface area contributed by atoms with E-state index in [9.17, 15) is 13.2 Å². The largest absolute Gasteiger partial charge is 0.491 e. The Labute approximate surface area is 203 Å². The molecule has 192 valence electrons. The van der Waals surface area contributed by atoms with Crippen molar-refractivity contribution in [3.05, 3.63) is 23.8 Å². The normalized spacial score (nSPS) is 26.2. The minimum atomic E-state index is -3.46. The Morgan fingerprint density at radius 3 is 2.53 bits per heavy atom. The highest BCUT2D eigenvalue weighted by atomic mass is 32.2. The molecule has 2 aliphatic rings. The average Bonchev–Trinajstić information content (AvgIpc) is 2.79. The number of fused-ring (bicyclic) bond motifs is 1. The molecule has 1 amide bonds. The van der Waals surface area contributed by atoms with Gasteiger partial charge in [-0.15, -0.1) is 0 Å². The second kappa shape index (κ2) is 11.7. The van der Waals surface area contributed by atoms with E-state index in [1.54, 1.807) is 37.3 Å². The summed E-state index contributed by atoms with van der Waals surface area (Å²) in [7, 11) is -0.0127. The summed E-state index contributed by atoms with van der Waals surface area (Å²) >= 11 is 0. The first-order chi connectivity index (χ1) is 16.1. The molecule has 3 atom stereocenters. The van der Waals surface area contributed by atoms with E-state index in [1.165, 1.54) is 0 Å². The van der Waals surface area contributed by atoms with E-state index in [0.717, 1.165) is 45.4 Å². The number of hydrogen-bond donors (Lipinski definition) is 1. The van der Waals surface area contributed by atoms with Crippen molar-refractivity contribution in [3.63, 3.8) is 0 Å². The van der Waals surface area contributed by atoms with Gasteiger partial charge in [0.05, 0.1) is 23.6 Å². The predicted molar refractivity (Wildman–Crippen MR) is 132 cm³/mol. The van der Waals surface area contributed by atoms with Crippen LogP contribution in [0.5, 0.6) is 5.75 Å². The zero-order valence-electron chi connectivity index (χ0n) is 21.0. The molecule has 1 N–H and O–H groups in total. The summed E-state index contributed by atoms with van der Waals surface area (Å²) in [6.45, 7) is 8.49. The third-order valence-electron chi connectivity index (χ3n) is 6.71. The molecule has 1 aromatic rings. The number of nitrogens with one attached hydrogen (secondary N) is 1. The Hall–Kier alpha value is -1.88. The SMILES string of the molecule is CO[C@H]1CN(C)C(=O)c2ccc(NS(C)(=O)=O)cc2OC[C@@H](C)N(CC2CCOCC2)C[C@H]1C. The number of carbonyl (C=O) groups is 1. The average molecular weight is 498 g/mol. The summed E-state index contributed by atoms with van der Waals surface area (Å²) in [6.07, 6.45) is 3.07. The zero-order chi connectivity index (χ0) is 24.9. The molecule has 10 heteroatoms. The van der Waals surface area contributed by atoms with Crippen LogP contribution in [0.1, 0.15) is 37.0 Å². The van der Waals surface area contributed by atoms with Crippen LogP contribution in [0.3, 0.4) is 0 Å². The summed E-state index contributed by atoms with van der Waals surface area (Å²) in [4.78, 5) is 17.4. The second-order valence-corrected chi connectivity index (χ2v) is 11.4. The van der Waals surface area contributed by atoms with Crippen molar-refractivity contribution in [3.8, 4) is 5.75 Å². The van der Waals surface area contributed by atoms with Gasteiger partial charge in [0.1, 0.15) is 12.4 Å². The molecule has 0 spiro atoms. The molecule has 2 heterocycles. The van der Waals surface area contributed by atoms with Gasteiger partial charge < -0.3 is 19.1 Å². The highest BCUT2D eigenvalue weighted by molar-refractivity contribution is 7.92. The summed E-state index contributed by atoms with van der Waals surface area (Å²) in [5.74, 6) is 0.954. The molecule has 0 aromatic heterocycles. The quantitative estimate of drug-likeness (QED) is 0.667. The van der Waals surface area contributed by atoms with E-state index < -0.39 is 10.0 Å². The highest BCUT2D eigenvalue weighted by Crippen LogP contribution is 2.28. The Bertz CT molecular complexity index is 935. The molecule has 0 aliphatic carbocycles. The van der Waals surface area contributed by atoms with Gasteiger partial charge in [0, 0.05) is 59.1 Å². The van der Waals surface area contributed by atoms with Gasteiger partial charge in [-0.3, -0.25) is 14.4 Å². The lowest BCUT2D eigenvalue weighted by atomic mass is 9.96. The maximum absolute atomic E-state index is 13.3. The third kappa shape index (κ3) is 7.31. The van der Waals surface area contributed by atoms with E-state index >= 15 is 0 Å². The molecule has 0 saturated carbocycles. The highest BCUT2D eigenvalue weighted by Gasteiger charge is 2.30. The number of amides is 1. The predicted octanol–water partition coefficient (Wildman–Crippen LogP) is 2.29. The van der Waals surface area contributed by atoms with Gasteiger partial charge >= 0.3 is 0 Å². The van der Waals surface area contributed by atoms with Crippen LogP contribution in [0.4, 0.5) is 5.69 Å². The van der Waals surface area contributed by atoms with Gasteiger partial charge in [0.25, 0.3) is 5.91 Å². The molecule has 0 radical (unpaired) electrons. The monoisotopic (exact) mass is 497 g/mol. The molecule has 1 saturated heterocycles. The molecule has 9 nitrogen and oxygen atoms in total. The van der Waals surface area contributed by atoms with Gasteiger partial charge in [-0.2, -0.15) is 0 Å². The van der Waals surface area contributed by atoms with E-state index in [0.29, 0.717) is 36.1 Å². The summed E-state index contributed by atoms with van der Waals surface area (Å²) in [5, 5.41) is 0. The van der Waals surface area contributed by atoms with E-state index in [4.69, 9.17) is 14.2 Å². The third-order valence-corrected chi connectivity index (χ3v) is 7.32. The molecule has 3 rings (SSSR count). The van der Waals surface area contributed by atoms with Crippen LogP contribution in [0, 0.1) is 11.8 Å². The molecule has 34 heavy (non-hydrogen) atoms. The standard InChI is InChI=1S/C24H39N3O6S/c1-17-13-27(14-19-8-10-32-11-9-19)18(2)16-33-22-12-20(25-34(5,29)30)6-7-21(22)24(28)26(3)15-23(17)31-4/h6-7,12,17-19,23,25H,8-11,13-16H2,1-5H3/t17-,18-,23+/m1/s1. The lowest BCUT2D eigenvalue weighted by molar-refractivity contribution is 0.0000256. The van der Waals surface area contributed by atoms with E-state index in [2.05, 4.69) is 23.5 Å². The van der Waals surface area contributed by atoms with Crippen molar-refractivity contribution in [2.24, 2.45) is 11.8 Å². The van der Waals surface area contributed by atoms with Gasteiger partial charge in [-0.1, -0.05) is 6.92 Å². The molecule has 1 fully saturated rings. The maximum Gasteiger partial charge on any atom is 0.257 e. The number of sulfonamides is 1. The zero-order valence-corrected chi connectivity index (χ0v) is 21.8. The van der Waals surface area contributed by atoms with Crippen LogP contribution in [-0.2, 0) is 19.5 Å². The topological polar surface area (TPSA) is 97.4 Å². The van der Waals surface area contributed by atoms with Crippen LogP contribution in [-0.4, -0.2) is 96.1 Å². The fraction of sp³-hybridized carbons (Fsp3) is 0.708. The first-order valence-electron chi connectivity index (χ1n) is 11.9. The molecular formula is C24H39N3O6S.